The van der Waals surface area contributed by atoms with Crippen LogP contribution in [-0.2, 0) is 11.6 Å². The van der Waals surface area contributed by atoms with Crippen LogP contribution in [0.5, 0.6) is 0 Å². The van der Waals surface area contributed by atoms with Crippen molar-refractivity contribution < 1.29 is 18.0 Å². The molecule has 0 bridgehead atoms. The molecule has 1 heterocycles. The van der Waals surface area contributed by atoms with E-state index < -0.39 is 17.6 Å². The number of aromatic nitrogens is 2. The average Bonchev–Trinajstić information content (AvgIpc) is 2.67. The van der Waals surface area contributed by atoms with Crippen LogP contribution in [0.1, 0.15) is 48.1 Å². The Morgan fingerprint density at radius 3 is 2.23 bits per heavy atom. The highest BCUT2D eigenvalue weighted by Gasteiger charge is 2.30. The normalized spacial score (nSPS) is 12.0. The number of alkyl halides is 3. The first-order chi connectivity index (χ1) is 13.9. The highest BCUT2D eigenvalue weighted by Crippen LogP contribution is 2.31. The molecule has 0 atom stereocenters. The van der Waals surface area contributed by atoms with Crippen LogP contribution in [0.15, 0.2) is 54.7 Å². The van der Waals surface area contributed by atoms with Crippen LogP contribution in [-0.4, -0.2) is 15.9 Å². The largest absolute Gasteiger partial charge is 0.416 e. The summed E-state index contributed by atoms with van der Waals surface area (Å²) in [7, 11) is 0. The van der Waals surface area contributed by atoms with Gasteiger partial charge in [0, 0.05) is 17.4 Å². The maximum atomic E-state index is 12.9. The summed E-state index contributed by atoms with van der Waals surface area (Å²) < 4.78 is 38.6. The first kappa shape index (κ1) is 21.5. The molecule has 1 amide bonds. The molecule has 0 aliphatic carbocycles. The van der Waals surface area contributed by atoms with Crippen LogP contribution in [0.3, 0.4) is 0 Å². The zero-order chi connectivity index (χ0) is 22.1. The van der Waals surface area contributed by atoms with E-state index in [0.29, 0.717) is 17.1 Å². The van der Waals surface area contributed by atoms with Gasteiger partial charge in [-0.1, -0.05) is 45.0 Å². The Bertz CT molecular complexity index is 1070. The molecule has 2 aromatic carbocycles. The van der Waals surface area contributed by atoms with Gasteiger partial charge in [0.2, 0.25) is 0 Å². The second-order valence-electron chi connectivity index (χ2n) is 8.04. The first-order valence-corrected chi connectivity index (χ1v) is 9.38. The molecular formula is C23H22F3N3O. The quantitative estimate of drug-likeness (QED) is 0.571. The lowest BCUT2D eigenvalue weighted by Crippen LogP contribution is -2.16. The van der Waals surface area contributed by atoms with Crippen molar-refractivity contribution in [1.82, 2.24) is 9.97 Å². The molecule has 0 fully saturated rings. The van der Waals surface area contributed by atoms with Crippen LogP contribution in [0.25, 0.3) is 11.3 Å². The van der Waals surface area contributed by atoms with Crippen molar-refractivity contribution in [2.24, 2.45) is 0 Å². The van der Waals surface area contributed by atoms with E-state index in [4.69, 9.17) is 0 Å². The van der Waals surface area contributed by atoms with E-state index in [1.165, 1.54) is 18.3 Å². The molecule has 3 aromatic rings. The monoisotopic (exact) mass is 413 g/mol. The summed E-state index contributed by atoms with van der Waals surface area (Å²) in [5.41, 5.74) is 1.69. The number of hydrogen-bond donors (Lipinski definition) is 1. The fourth-order valence-corrected chi connectivity index (χ4v) is 2.94. The van der Waals surface area contributed by atoms with Crippen molar-refractivity contribution in [2.45, 2.75) is 39.3 Å². The van der Waals surface area contributed by atoms with Crippen LogP contribution >= 0.6 is 0 Å². The highest BCUT2D eigenvalue weighted by molar-refractivity contribution is 6.07. The molecule has 0 saturated carbocycles. The first-order valence-electron chi connectivity index (χ1n) is 9.38. The number of rotatable bonds is 3. The minimum atomic E-state index is -4.43. The van der Waals surface area contributed by atoms with Gasteiger partial charge in [-0.15, -0.1) is 0 Å². The molecule has 4 nitrogen and oxygen atoms in total. The van der Waals surface area contributed by atoms with Gasteiger partial charge in [-0.25, -0.2) is 9.97 Å². The van der Waals surface area contributed by atoms with Crippen molar-refractivity contribution >= 4 is 11.6 Å². The second kappa shape index (κ2) is 7.89. The molecular weight excluding hydrogens is 391 g/mol. The van der Waals surface area contributed by atoms with E-state index in [9.17, 15) is 18.0 Å². The summed E-state index contributed by atoms with van der Waals surface area (Å²) in [5, 5.41) is 2.84. The van der Waals surface area contributed by atoms with Crippen LogP contribution < -0.4 is 5.32 Å². The van der Waals surface area contributed by atoms with E-state index in [0.717, 1.165) is 17.7 Å². The Hall–Kier alpha value is -3.22. The number of nitrogens with one attached hydrogen (secondary N) is 1. The van der Waals surface area contributed by atoms with Crippen molar-refractivity contribution in [1.29, 1.82) is 0 Å². The maximum Gasteiger partial charge on any atom is 0.416 e. The number of nitrogens with zero attached hydrogens (tertiary/aromatic N) is 2. The molecule has 30 heavy (non-hydrogen) atoms. The molecule has 3 rings (SSSR count). The van der Waals surface area contributed by atoms with Crippen LogP contribution in [0, 0.1) is 6.92 Å². The van der Waals surface area contributed by atoms with Crippen molar-refractivity contribution in [3.05, 3.63) is 77.2 Å². The van der Waals surface area contributed by atoms with Crippen molar-refractivity contribution in [3.8, 4) is 11.3 Å². The number of anilines is 1. The van der Waals surface area contributed by atoms with E-state index in [2.05, 4.69) is 36.1 Å². The molecule has 1 aromatic heterocycles. The maximum absolute atomic E-state index is 12.9. The summed E-state index contributed by atoms with van der Waals surface area (Å²) in [6, 6.07) is 12.1. The summed E-state index contributed by atoms with van der Waals surface area (Å²) in [4.78, 5) is 21.3. The Labute approximate surface area is 173 Å². The van der Waals surface area contributed by atoms with E-state index >= 15 is 0 Å². The van der Waals surface area contributed by atoms with Gasteiger partial charge < -0.3 is 5.32 Å². The van der Waals surface area contributed by atoms with Gasteiger partial charge >= 0.3 is 6.18 Å². The van der Waals surface area contributed by atoms with Gasteiger partial charge in [-0.2, -0.15) is 13.2 Å². The van der Waals surface area contributed by atoms with Crippen LogP contribution in [0.4, 0.5) is 18.9 Å². The predicted octanol–water partition coefficient (Wildman–Crippen LogP) is 6.02. The van der Waals surface area contributed by atoms with Gasteiger partial charge in [0.05, 0.1) is 16.8 Å². The molecule has 0 unspecified atom stereocenters. The zero-order valence-corrected chi connectivity index (χ0v) is 17.1. The standard InChI is InChI=1S/C23H22F3N3O/c1-14-27-13-19(20(28-14)15-8-10-16(11-9-15)23(24,25)26)21(30)29-18-7-5-6-17(12-18)22(2,3)4/h5-13H,1-4H3,(H,29,30). The summed E-state index contributed by atoms with van der Waals surface area (Å²) in [5.74, 6) is -0.0212. The third kappa shape index (κ3) is 4.84. The molecule has 1 N–H and O–H groups in total. The molecule has 156 valence electrons. The Kier molecular flexibility index (Phi) is 5.65. The molecule has 0 saturated heterocycles. The van der Waals surface area contributed by atoms with Crippen molar-refractivity contribution in [2.75, 3.05) is 5.32 Å². The van der Waals surface area contributed by atoms with Crippen LogP contribution in [0.2, 0.25) is 0 Å². The van der Waals surface area contributed by atoms with E-state index in [-0.39, 0.29) is 16.7 Å². The number of carbonyl (C=O) groups excluding carboxylic acids is 1. The summed E-state index contributed by atoms with van der Waals surface area (Å²) >= 11 is 0. The molecule has 0 aliphatic heterocycles. The van der Waals surface area contributed by atoms with Gasteiger partial charge in [0.1, 0.15) is 5.82 Å². The third-order valence-electron chi connectivity index (χ3n) is 4.63. The Morgan fingerprint density at radius 2 is 1.63 bits per heavy atom. The summed E-state index contributed by atoms with van der Waals surface area (Å²) in [6.45, 7) is 7.88. The lowest BCUT2D eigenvalue weighted by Gasteiger charge is -2.20. The smallest absolute Gasteiger partial charge is 0.322 e. The van der Waals surface area contributed by atoms with Gasteiger partial charge in [-0.3, -0.25) is 4.79 Å². The lowest BCUT2D eigenvalue weighted by molar-refractivity contribution is -0.137. The number of hydrogen-bond acceptors (Lipinski definition) is 3. The minimum absolute atomic E-state index is 0.0842. The molecule has 0 spiro atoms. The lowest BCUT2D eigenvalue weighted by atomic mass is 9.87. The highest BCUT2D eigenvalue weighted by atomic mass is 19.4. The number of halogens is 3. The topological polar surface area (TPSA) is 54.9 Å². The Morgan fingerprint density at radius 1 is 0.967 bits per heavy atom. The van der Waals surface area contributed by atoms with E-state index in [1.807, 2.05) is 18.2 Å². The second-order valence-corrected chi connectivity index (χ2v) is 8.04. The van der Waals surface area contributed by atoms with Crippen molar-refractivity contribution in [3.63, 3.8) is 0 Å². The SMILES string of the molecule is Cc1ncc(C(=O)Nc2cccc(C(C)(C)C)c2)c(-c2ccc(C(F)(F)F)cc2)n1. The van der Waals surface area contributed by atoms with Gasteiger partial charge in [0.25, 0.3) is 5.91 Å². The number of aryl methyl sites for hydroxylation is 1. The third-order valence-corrected chi connectivity index (χ3v) is 4.63. The predicted molar refractivity (Wildman–Crippen MR) is 110 cm³/mol. The minimum Gasteiger partial charge on any atom is -0.322 e. The number of amides is 1. The van der Waals surface area contributed by atoms with Gasteiger partial charge in [0.15, 0.2) is 0 Å². The van der Waals surface area contributed by atoms with Gasteiger partial charge in [-0.05, 0) is 42.2 Å². The average molecular weight is 413 g/mol. The zero-order valence-electron chi connectivity index (χ0n) is 17.1. The summed E-state index contributed by atoms with van der Waals surface area (Å²) in [6.07, 6.45) is -3.04. The molecule has 0 aliphatic rings. The molecule has 7 heteroatoms. The Balaban J connectivity index is 1.95. The number of benzene rings is 2. The fraction of sp³-hybridized carbons (Fsp3) is 0.261. The fourth-order valence-electron chi connectivity index (χ4n) is 2.94. The van der Waals surface area contributed by atoms with E-state index in [1.54, 1.807) is 13.0 Å². The number of carbonyl (C=O) groups is 1. The molecule has 0 radical (unpaired) electrons.